The van der Waals surface area contributed by atoms with Crippen LogP contribution in [0.1, 0.15) is 22.8 Å². The van der Waals surface area contributed by atoms with E-state index in [9.17, 15) is 9.59 Å². The lowest BCUT2D eigenvalue weighted by molar-refractivity contribution is -0.131. The van der Waals surface area contributed by atoms with Crippen LogP contribution in [0.5, 0.6) is 5.75 Å². The Balaban J connectivity index is 1.85. The molecule has 156 valence electrons. The molecule has 6 heteroatoms. The fourth-order valence-electron chi connectivity index (χ4n) is 3.55. The first kappa shape index (κ1) is 20.7. The van der Waals surface area contributed by atoms with Crippen molar-refractivity contribution in [1.29, 1.82) is 0 Å². The van der Waals surface area contributed by atoms with E-state index in [0.717, 1.165) is 16.6 Å². The number of rotatable bonds is 5. The highest BCUT2D eigenvalue weighted by atomic mass is 35.5. The van der Waals surface area contributed by atoms with Gasteiger partial charge in [-0.3, -0.25) is 9.59 Å². The summed E-state index contributed by atoms with van der Waals surface area (Å²) in [4.78, 5) is 26.9. The molecule has 0 aliphatic carbocycles. The van der Waals surface area contributed by atoms with Crippen LogP contribution < -0.4 is 9.64 Å². The maximum absolute atomic E-state index is 13.4. The zero-order valence-electron chi connectivity index (χ0n) is 17.4. The Morgan fingerprint density at radius 3 is 2.35 bits per heavy atom. The summed E-state index contributed by atoms with van der Waals surface area (Å²) in [7, 11) is 3.91. The summed E-state index contributed by atoms with van der Waals surface area (Å²) in [6, 6.07) is 20.2. The minimum absolute atomic E-state index is 0.0983. The standard InChI is InChI=1S/C25H21ClN2O3/c1-16(29)31-24-15-28(23-14-18(26)10-13-20(23)24)22-7-5-4-6-21(22)25(30)17-8-11-19(12-9-17)27(2)3/h4-15H,1-3H3. The van der Waals surface area contributed by atoms with Gasteiger partial charge < -0.3 is 14.2 Å². The minimum atomic E-state index is -0.417. The Hall–Kier alpha value is -3.57. The molecule has 4 aromatic rings. The Bertz CT molecular complexity index is 1290. The summed E-state index contributed by atoms with van der Waals surface area (Å²) in [6.45, 7) is 1.36. The number of hydrogen-bond donors (Lipinski definition) is 0. The number of esters is 1. The molecular weight excluding hydrogens is 412 g/mol. The van der Waals surface area contributed by atoms with Crippen LogP contribution in [0, 0.1) is 0 Å². The van der Waals surface area contributed by atoms with Crippen molar-refractivity contribution >= 4 is 39.9 Å². The predicted octanol–water partition coefficient (Wildman–Crippen LogP) is 5.51. The molecule has 3 aromatic carbocycles. The molecule has 1 aromatic heterocycles. The first-order valence-corrected chi connectivity index (χ1v) is 10.1. The molecule has 5 nitrogen and oxygen atoms in total. The summed E-state index contributed by atoms with van der Waals surface area (Å²) >= 11 is 6.24. The van der Waals surface area contributed by atoms with Crippen molar-refractivity contribution in [2.45, 2.75) is 6.92 Å². The minimum Gasteiger partial charge on any atom is -0.424 e. The second kappa shape index (κ2) is 8.28. The van der Waals surface area contributed by atoms with Crippen LogP contribution in [0.25, 0.3) is 16.6 Å². The monoisotopic (exact) mass is 432 g/mol. The lowest BCUT2D eigenvalue weighted by Crippen LogP contribution is -2.10. The van der Waals surface area contributed by atoms with Gasteiger partial charge in [-0.2, -0.15) is 0 Å². The number of hydrogen-bond acceptors (Lipinski definition) is 4. The van der Waals surface area contributed by atoms with E-state index in [1.54, 1.807) is 30.5 Å². The highest BCUT2D eigenvalue weighted by Crippen LogP contribution is 2.34. The van der Waals surface area contributed by atoms with Gasteiger partial charge in [-0.15, -0.1) is 0 Å². The van der Waals surface area contributed by atoms with Crippen LogP contribution in [-0.2, 0) is 4.79 Å². The quantitative estimate of drug-likeness (QED) is 0.308. The van der Waals surface area contributed by atoms with E-state index >= 15 is 0 Å². The number of nitrogens with zero attached hydrogens (tertiary/aromatic N) is 2. The SMILES string of the molecule is CC(=O)Oc1cn(-c2ccccc2C(=O)c2ccc(N(C)C)cc2)c2cc(Cl)ccc12. The molecule has 0 saturated heterocycles. The zero-order chi connectivity index (χ0) is 22.1. The van der Waals surface area contributed by atoms with E-state index in [-0.39, 0.29) is 5.78 Å². The molecule has 0 aliphatic heterocycles. The highest BCUT2D eigenvalue weighted by Gasteiger charge is 2.19. The molecule has 0 unspecified atom stereocenters. The van der Waals surface area contributed by atoms with Gasteiger partial charge in [-0.25, -0.2) is 0 Å². The molecule has 0 atom stereocenters. The zero-order valence-corrected chi connectivity index (χ0v) is 18.2. The second-order valence-electron chi connectivity index (χ2n) is 7.41. The van der Waals surface area contributed by atoms with Crippen LogP contribution in [0.2, 0.25) is 5.02 Å². The Morgan fingerprint density at radius 2 is 1.68 bits per heavy atom. The van der Waals surface area contributed by atoms with Crippen LogP contribution in [0.15, 0.2) is 72.9 Å². The maximum Gasteiger partial charge on any atom is 0.308 e. The summed E-state index contributed by atoms with van der Waals surface area (Å²) < 4.78 is 7.23. The predicted molar refractivity (Wildman–Crippen MR) is 124 cm³/mol. The number of fused-ring (bicyclic) bond motifs is 1. The van der Waals surface area contributed by atoms with Crippen molar-refractivity contribution in [2.24, 2.45) is 0 Å². The number of carbonyl (C=O) groups is 2. The number of ether oxygens (including phenoxy) is 1. The molecule has 31 heavy (non-hydrogen) atoms. The molecule has 0 aliphatic rings. The van der Waals surface area contributed by atoms with Crippen molar-refractivity contribution in [3.05, 3.63) is 89.1 Å². The van der Waals surface area contributed by atoms with Crippen molar-refractivity contribution in [3.63, 3.8) is 0 Å². The fourth-order valence-corrected chi connectivity index (χ4v) is 3.71. The van der Waals surface area contributed by atoms with Gasteiger partial charge in [0.15, 0.2) is 11.5 Å². The lowest BCUT2D eigenvalue weighted by atomic mass is 10.0. The first-order valence-electron chi connectivity index (χ1n) is 9.75. The van der Waals surface area contributed by atoms with Gasteiger partial charge in [-0.1, -0.05) is 23.7 Å². The average Bonchev–Trinajstić information content (AvgIpc) is 3.09. The lowest BCUT2D eigenvalue weighted by Gasteiger charge is -2.14. The van der Waals surface area contributed by atoms with Gasteiger partial charge in [0, 0.05) is 48.2 Å². The van der Waals surface area contributed by atoms with Crippen LogP contribution in [0.4, 0.5) is 5.69 Å². The Morgan fingerprint density at radius 1 is 0.968 bits per heavy atom. The third kappa shape index (κ3) is 4.05. The van der Waals surface area contributed by atoms with E-state index in [4.69, 9.17) is 16.3 Å². The van der Waals surface area contributed by atoms with E-state index in [1.807, 2.05) is 66.0 Å². The van der Waals surface area contributed by atoms with Crippen molar-refractivity contribution in [1.82, 2.24) is 4.57 Å². The van der Waals surface area contributed by atoms with Gasteiger partial charge in [0.1, 0.15) is 0 Å². The third-order valence-electron chi connectivity index (χ3n) is 5.04. The molecule has 0 bridgehead atoms. The molecule has 0 saturated carbocycles. The fraction of sp³-hybridized carbons (Fsp3) is 0.120. The number of anilines is 1. The largest absolute Gasteiger partial charge is 0.424 e. The summed E-state index contributed by atoms with van der Waals surface area (Å²) in [6.07, 6.45) is 1.71. The van der Waals surface area contributed by atoms with Gasteiger partial charge >= 0.3 is 5.97 Å². The van der Waals surface area contributed by atoms with E-state index in [0.29, 0.717) is 27.6 Å². The normalized spacial score (nSPS) is 10.8. The van der Waals surface area contributed by atoms with E-state index in [2.05, 4.69) is 0 Å². The van der Waals surface area contributed by atoms with Gasteiger partial charge in [0.05, 0.1) is 17.4 Å². The summed E-state index contributed by atoms with van der Waals surface area (Å²) in [5, 5.41) is 1.28. The van der Waals surface area contributed by atoms with E-state index < -0.39 is 5.97 Å². The summed E-state index contributed by atoms with van der Waals surface area (Å²) in [5.41, 5.74) is 3.56. The molecule has 4 rings (SSSR count). The van der Waals surface area contributed by atoms with Crippen LogP contribution >= 0.6 is 11.6 Å². The number of halogens is 1. The molecule has 0 fully saturated rings. The van der Waals surface area contributed by atoms with Gasteiger partial charge in [0.2, 0.25) is 0 Å². The average molecular weight is 433 g/mol. The van der Waals surface area contributed by atoms with Gasteiger partial charge in [0.25, 0.3) is 0 Å². The van der Waals surface area contributed by atoms with Crippen LogP contribution in [0.3, 0.4) is 0 Å². The topological polar surface area (TPSA) is 51.5 Å². The molecule has 0 amide bonds. The number of para-hydroxylation sites is 1. The van der Waals surface area contributed by atoms with Crippen molar-refractivity contribution < 1.29 is 14.3 Å². The second-order valence-corrected chi connectivity index (χ2v) is 7.84. The molecule has 0 N–H and O–H groups in total. The molecular formula is C25H21ClN2O3. The van der Waals surface area contributed by atoms with Crippen molar-refractivity contribution in [3.8, 4) is 11.4 Å². The van der Waals surface area contributed by atoms with E-state index in [1.165, 1.54) is 6.92 Å². The number of aromatic nitrogens is 1. The number of benzene rings is 3. The van der Waals surface area contributed by atoms with Crippen LogP contribution in [-0.4, -0.2) is 30.4 Å². The molecule has 1 heterocycles. The third-order valence-corrected chi connectivity index (χ3v) is 5.27. The number of ketones is 1. The molecule has 0 radical (unpaired) electrons. The maximum atomic E-state index is 13.4. The first-order chi connectivity index (χ1) is 14.8. The van der Waals surface area contributed by atoms with Crippen molar-refractivity contribution in [2.75, 3.05) is 19.0 Å². The highest BCUT2D eigenvalue weighted by molar-refractivity contribution is 6.31. The van der Waals surface area contributed by atoms with Gasteiger partial charge in [-0.05, 0) is 54.6 Å². The smallest absolute Gasteiger partial charge is 0.308 e. The molecule has 0 spiro atoms. The Kier molecular flexibility index (Phi) is 5.53. The summed E-state index contributed by atoms with van der Waals surface area (Å²) in [5.74, 6) is -0.102. The number of carbonyl (C=O) groups excluding carboxylic acids is 2. The Labute approximate surface area is 185 Å².